The van der Waals surface area contributed by atoms with E-state index in [9.17, 15) is 0 Å². The Balaban J connectivity index is 1.28. The van der Waals surface area contributed by atoms with Crippen molar-refractivity contribution < 1.29 is 4.42 Å². The van der Waals surface area contributed by atoms with Crippen LogP contribution in [0.5, 0.6) is 0 Å². The molecule has 0 spiro atoms. The summed E-state index contributed by atoms with van der Waals surface area (Å²) in [4.78, 5) is 10.6. The smallest absolute Gasteiger partial charge is 0.162 e. The Morgan fingerprint density at radius 2 is 0.980 bits per heavy atom. The van der Waals surface area contributed by atoms with Gasteiger partial charge in [0.1, 0.15) is 17.0 Å². The van der Waals surface area contributed by atoms with Crippen LogP contribution in [0.25, 0.3) is 99.7 Å². The van der Waals surface area contributed by atoms with E-state index in [0.717, 1.165) is 72.3 Å². The van der Waals surface area contributed by atoms with Crippen molar-refractivity contribution in [2.75, 3.05) is 0 Å². The van der Waals surface area contributed by atoms with Gasteiger partial charge >= 0.3 is 0 Å². The number of fused-ring (bicyclic) bond motifs is 10. The van der Waals surface area contributed by atoms with Crippen LogP contribution in [0.3, 0.4) is 0 Å². The summed E-state index contributed by atoms with van der Waals surface area (Å²) in [5, 5.41) is 6.87. The monoisotopic (exact) mass is 652 g/mol. The second kappa shape index (κ2) is 10.8. The highest BCUT2D eigenvalue weighted by Gasteiger charge is 2.23. The lowest BCUT2D eigenvalue weighted by molar-refractivity contribution is 0.669. The average Bonchev–Trinajstić information content (AvgIpc) is 3.86. The molecule has 0 unspecified atom stereocenters. The largest absolute Gasteiger partial charge is 0.456 e. The summed E-state index contributed by atoms with van der Waals surface area (Å²) < 4.78 is 10.9. The highest BCUT2D eigenvalue weighted by molar-refractivity contribution is 6.23. The van der Waals surface area contributed by atoms with Crippen molar-refractivity contribution in [1.29, 1.82) is 0 Å². The molecule has 0 aliphatic carbocycles. The molecule has 0 fully saturated rings. The maximum Gasteiger partial charge on any atom is 0.162 e. The molecule has 0 bridgehead atoms. The van der Waals surface area contributed by atoms with Crippen LogP contribution in [0, 0.1) is 0 Å². The van der Waals surface area contributed by atoms with Crippen molar-refractivity contribution in [3.63, 3.8) is 0 Å². The number of para-hydroxylation sites is 4. The van der Waals surface area contributed by atoms with Crippen molar-refractivity contribution >= 4 is 65.6 Å². The van der Waals surface area contributed by atoms with E-state index in [1.165, 1.54) is 21.5 Å². The van der Waals surface area contributed by atoms with Crippen LogP contribution >= 0.6 is 0 Å². The zero-order valence-corrected chi connectivity index (χ0v) is 27.4. The van der Waals surface area contributed by atoms with Crippen LogP contribution in [0.15, 0.2) is 174 Å². The second-order valence-corrected chi connectivity index (χ2v) is 13.0. The Hall–Kier alpha value is -6.98. The second-order valence-electron chi connectivity index (χ2n) is 13.0. The fraction of sp³-hybridized carbons (Fsp3) is 0. The first-order valence-electron chi connectivity index (χ1n) is 17.2. The summed E-state index contributed by atoms with van der Waals surface area (Å²) in [7, 11) is 0. The fourth-order valence-corrected chi connectivity index (χ4v) is 7.88. The van der Waals surface area contributed by atoms with Gasteiger partial charge in [-0.3, -0.25) is 4.57 Å². The molecule has 4 aromatic heterocycles. The number of rotatable bonds is 4. The minimum atomic E-state index is 0.653. The topological polar surface area (TPSA) is 48.8 Å². The molecule has 0 saturated carbocycles. The number of furan rings is 1. The summed E-state index contributed by atoms with van der Waals surface area (Å²) in [6.07, 6.45) is 0. The van der Waals surface area contributed by atoms with Gasteiger partial charge in [-0.25, -0.2) is 9.97 Å². The van der Waals surface area contributed by atoms with E-state index in [4.69, 9.17) is 14.4 Å². The molecule has 0 amide bonds. The zero-order chi connectivity index (χ0) is 33.5. The highest BCUT2D eigenvalue weighted by atomic mass is 16.3. The predicted octanol–water partition coefficient (Wildman–Crippen LogP) is 11.9. The third kappa shape index (κ3) is 4.15. The van der Waals surface area contributed by atoms with Crippen LogP contribution in [-0.4, -0.2) is 19.1 Å². The van der Waals surface area contributed by atoms with Crippen LogP contribution < -0.4 is 0 Å². The Labute approximate surface area is 292 Å². The number of nitrogens with zero attached hydrogens (tertiary/aromatic N) is 4. The van der Waals surface area contributed by atoms with E-state index in [0.29, 0.717) is 5.82 Å². The van der Waals surface area contributed by atoms with Gasteiger partial charge in [0, 0.05) is 55.2 Å². The molecule has 238 valence electrons. The summed E-state index contributed by atoms with van der Waals surface area (Å²) in [5.74, 6) is 1.46. The Bertz CT molecular complexity index is 3130. The zero-order valence-electron chi connectivity index (χ0n) is 27.4. The van der Waals surface area contributed by atoms with Crippen molar-refractivity contribution in [2.24, 2.45) is 0 Å². The first-order valence-corrected chi connectivity index (χ1v) is 17.2. The Morgan fingerprint density at radius 3 is 1.73 bits per heavy atom. The van der Waals surface area contributed by atoms with Gasteiger partial charge in [-0.2, -0.15) is 0 Å². The van der Waals surface area contributed by atoms with E-state index in [-0.39, 0.29) is 0 Å². The van der Waals surface area contributed by atoms with Gasteiger partial charge in [-0.15, -0.1) is 0 Å². The lowest BCUT2D eigenvalue weighted by Gasteiger charge is -2.14. The third-order valence-electron chi connectivity index (χ3n) is 10.1. The number of benzene rings is 7. The molecule has 5 heteroatoms. The van der Waals surface area contributed by atoms with Gasteiger partial charge in [0.05, 0.1) is 27.8 Å². The molecule has 11 aromatic rings. The minimum absolute atomic E-state index is 0.653. The van der Waals surface area contributed by atoms with Gasteiger partial charge < -0.3 is 8.98 Å². The van der Waals surface area contributed by atoms with Crippen molar-refractivity contribution in [2.45, 2.75) is 0 Å². The first-order chi connectivity index (χ1) is 25.3. The van der Waals surface area contributed by atoms with Crippen LogP contribution in [0.2, 0.25) is 0 Å². The molecule has 7 aromatic carbocycles. The minimum Gasteiger partial charge on any atom is -0.456 e. The maximum absolute atomic E-state index is 6.18. The van der Waals surface area contributed by atoms with Crippen molar-refractivity contribution in [3.8, 4) is 34.2 Å². The lowest BCUT2D eigenvalue weighted by Crippen LogP contribution is -2.04. The van der Waals surface area contributed by atoms with Crippen molar-refractivity contribution in [3.05, 3.63) is 170 Å². The van der Waals surface area contributed by atoms with Gasteiger partial charge in [0.2, 0.25) is 0 Å². The molecule has 5 nitrogen and oxygen atoms in total. The molecule has 4 heterocycles. The van der Waals surface area contributed by atoms with Gasteiger partial charge in [-0.05, 0) is 48.5 Å². The molecule has 0 aliphatic rings. The maximum atomic E-state index is 6.18. The summed E-state index contributed by atoms with van der Waals surface area (Å²) in [6.45, 7) is 0. The number of aromatic nitrogens is 4. The average molecular weight is 653 g/mol. The number of hydrogen-bond donors (Lipinski definition) is 0. The summed E-state index contributed by atoms with van der Waals surface area (Å²) in [5.41, 5.74) is 10.1. The molecule has 0 radical (unpaired) electrons. The summed E-state index contributed by atoms with van der Waals surface area (Å²) in [6, 6.07) is 59.5. The highest BCUT2D eigenvalue weighted by Crippen LogP contribution is 2.42. The van der Waals surface area contributed by atoms with Crippen molar-refractivity contribution in [1.82, 2.24) is 19.1 Å². The molecular formula is C46H28N4O. The quantitative estimate of drug-likeness (QED) is 0.190. The SMILES string of the molecule is c1ccc(-c2cc(-n3c4ccccc4c4ccc5c6ccccc6n(-c6ccccc6)c5c43)nc(-c3ccc4oc5ccccc5c4c3)n2)cc1. The third-order valence-corrected chi connectivity index (χ3v) is 10.1. The molecule has 0 atom stereocenters. The van der Waals surface area contributed by atoms with Crippen LogP contribution in [0.4, 0.5) is 0 Å². The molecule has 0 N–H and O–H groups in total. The van der Waals surface area contributed by atoms with E-state index >= 15 is 0 Å². The van der Waals surface area contributed by atoms with E-state index in [1.807, 2.05) is 30.3 Å². The van der Waals surface area contributed by atoms with E-state index < -0.39 is 0 Å². The first kappa shape index (κ1) is 27.9. The number of hydrogen-bond acceptors (Lipinski definition) is 3. The van der Waals surface area contributed by atoms with E-state index in [2.05, 4.69) is 149 Å². The van der Waals surface area contributed by atoms with Crippen LogP contribution in [-0.2, 0) is 0 Å². The van der Waals surface area contributed by atoms with E-state index in [1.54, 1.807) is 0 Å². The lowest BCUT2D eigenvalue weighted by atomic mass is 10.1. The molecule has 51 heavy (non-hydrogen) atoms. The van der Waals surface area contributed by atoms with Gasteiger partial charge in [0.25, 0.3) is 0 Å². The molecule has 0 aliphatic heterocycles. The summed E-state index contributed by atoms with van der Waals surface area (Å²) >= 11 is 0. The molecule has 11 rings (SSSR count). The molecule has 0 saturated heterocycles. The van der Waals surface area contributed by atoms with Crippen LogP contribution in [0.1, 0.15) is 0 Å². The standard InChI is InChI=1S/C46H28N4O/c1-3-13-29(14-4-1)38-28-43(48-46(47-38)30-23-26-42-37(27-30)34-19-9-12-22-41(34)51-42)50-40-21-11-8-18-33(40)36-25-24-35-32-17-7-10-20-39(32)49(44(35)45(36)50)31-15-5-2-6-16-31/h1-28H. The Morgan fingerprint density at radius 1 is 0.392 bits per heavy atom. The molecular weight excluding hydrogens is 625 g/mol. The fourth-order valence-electron chi connectivity index (χ4n) is 7.88. The van der Waals surface area contributed by atoms with Gasteiger partial charge in [0.15, 0.2) is 5.82 Å². The Kier molecular flexibility index (Phi) is 5.89. The van der Waals surface area contributed by atoms with Gasteiger partial charge in [-0.1, -0.05) is 115 Å². The predicted molar refractivity (Wildman–Crippen MR) is 209 cm³/mol. The normalized spacial score (nSPS) is 11.9.